The van der Waals surface area contributed by atoms with E-state index in [-0.39, 0.29) is 10.8 Å². The van der Waals surface area contributed by atoms with Crippen LogP contribution in [0.1, 0.15) is 49.4 Å². The smallest absolute Gasteiger partial charge is 0.264 e. The molecule has 1 amide bonds. The molecule has 2 aromatic rings. The Kier molecular flexibility index (Phi) is 8.09. The SMILES string of the molecule is CCC1CCCCN1CCCNC(=O)c1cccc(S(=O)(=O)N(C)c2ccccc2)c1. The van der Waals surface area contributed by atoms with Gasteiger partial charge in [-0.25, -0.2) is 8.42 Å². The lowest BCUT2D eigenvalue weighted by Crippen LogP contribution is -2.40. The van der Waals surface area contributed by atoms with Crippen molar-refractivity contribution in [3.05, 3.63) is 60.2 Å². The number of carbonyl (C=O) groups excluding carboxylic acids is 1. The number of piperidine rings is 1. The molecule has 168 valence electrons. The molecule has 1 heterocycles. The Balaban J connectivity index is 1.58. The largest absolute Gasteiger partial charge is 0.352 e. The summed E-state index contributed by atoms with van der Waals surface area (Å²) in [6, 6.07) is 15.8. The van der Waals surface area contributed by atoms with E-state index in [4.69, 9.17) is 0 Å². The van der Waals surface area contributed by atoms with E-state index in [1.165, 1.54) is 49.2 Å². The van der Waals surface area contributed by atoms with Crippen molar-refractivity contribution in [1.29, 1.82) is 0 Å². The first-order valence-electron chi connectivity index (χ1n) is 11.1. The minimum Gasteiger partial charge on any atom is -0.352 e. The second-order valence-corrected chi connectivity index (χ2v) is 10.0. The van der Waals surface area contributed by atoms with Gasteiger partial charge in [0.1, 0.15) is 0 Å². The number of rotatable bonds is 9. The highest BCUT2D eigenvalue weighted by molar-refractivity contribution is 7.92. The first-order valence-corrected chi connectivity index (χ1v) is 12.5. The maximum atomic E-state index is 13.0. The van der Waals surface area contributed by atoms with E-state index in [1.54, 1.807) is 36.4 Å². The Bertz CT molecular complexity index is 963. The van der Waals surface area contributed by atoms with Crippen LogP contribution in [0.4, 0.5) is 5.69 Å². The third-order valence-electron chi connectivity index (χ3n) is 6.00. The first kappa shape index (κ1) is 23.3. The van der Waals surface area contributed by atoms with Crippen molar-refractivity contribution in [1.82, 2.24) is 10.2 Å². The molecule has 0 saturated carbocycles. The Morgan fingerprint density at radius 2 is 1.90 bits per heavy atom. The van der Waals surface area contributed by atoms with Crippen LogP contribution >= 0.6 is 0 Å². The third kappa shape index (κ3) is 5.86. The second kappa shape index (κ2) is 10.8. The number of hydrogen-bond acceptors (Lipinski definition) is 4. The molecule has 0 spiro atoms. The second-order valence-electron chi connectivity index (χ2n) is 8.04. The van der Waals surface area contributed by atoms with E-state index in [1.807, 2.05) is 6.07 Å². The molecule has 1 unspecified atom stereocenters. The molecule has 1 fully saturated rings. The summed E-state index contributed by atoms with van der Waals surface area (Å²) in [5.74, 6) is -0.245. The molecule has 7 heteroatoms. The minimum atomic E-state index is -3.75. The van der Waals surface area contributed by atoms with E-state index in [0.717, 1.165) is 19.5 Å². The number of nitrogens with one attached hydrogen (secondary N) is 1. The van der Waals surface area contributed by atoms with Crippen molar-refractivity contribution in [3.63, 3.8) is 0 Å². The molecular formula is C24H33N3O3S. The summed E-state index contributed by atoms with van der Waals surface area (Å²) < 4.78 is 27.2. The quantitative estimate of drug-likeness (QED) is 0.597. The van der Waals surface area contributed by atoms with Gasteiger partial charge in [-0.2, -0.15) is 0 Å². The molecule has 1 aliphatic rings. The normalized spacial score (nSPS) is 17.3. The number of likely N-dealkylation sites (tertiary alicyclic amines) is 1. The maximum Gasteiger partial charge on any atom is 0.264 e. The lowest BCUT2D eigenvalue weighted by Gasteiger charge is -2.35. The summed E-state index contributed by atoms with van der Waals surface area (Å²) >= 11 is 0. The summed E-state index contributed by atoms with van der Waals surface area (Å²) in [6.45, 7) is 4.93. The monoisotopic (exact) mass is 443 g/mol. The standard InChI is InChI=1S/C24H33N3O3S/c1-3-21-12-7-8-17-27(21)18-10-16-25-24(28)20-11-9-15-23(19-20)31(29,30)26(2)22-13-5-4-6-14-22/h4-6,9,11,13-15,19,21H,3,7-8,10,12,16-18H2,1-2H3,(H,25,28). The van der Waals surface area contributed by atoms with Crippen LogP contribution in [-0.4, -0.2) is 51.9 Å². The Morgan fingerprint density at radius 3 is 2.65 bits per heavy atom. The Morgan fingerprint density at radius 1 is 1.13 bits per heavy atom. The molecule has 0 bridgehead atoms. The third-order valence-corrected chi connectivity index (χ3v) is 7.78. The molecule has 31 heavy (non-hydrogen) atoms. The first-order chi connectivity index (χ1) is 14.9. The van der Waals surface area contributed by atoms with Crippen molar-refractivity contribution in [2.24, 2.45) is 0 Å². The number of hydrogen-bond donors (Lipinski definition) is 1. The van der Waals surface area contributed by atoms with Crippen molar-refractivity contribution in [3.8, 4) is 0 Å². The molecular weight excluding hydrogens is 410 g/mol. The zero-order valence-corrected chi connectivity index (χ0v) is 19.3. The highest BCUT2D eigenvalue weighted by Crippen LogP contribution is 2.22. The topological polar surface area (TPSA) is 69.7 Å². The minimum absolute atomic E-state index is 0.102. The number of carbonyl (C=O) groups is 1. The molecule has 1 aliphatic heterocycles. The Hall–Kier alpha value is -2.38. The van der Waals surface area contributed by atoms with Gasteiger partial charge in [-0.3, -0.25) is 9.10 Å². The highest BCUT2D eigenvalue weighted by Gasteiger charge is 2.23. The molecule has 6 nitrogen and oxygen atoms in total. The molecule has 1 saturated heterocycles. The van der Waals surface area contributed by atoms with E-state index >= 15 is 0 Å². The average Bonchev–Trinajstić information content (AvgIpc) is 2.82. The van der Waals surface area contributed by atoms with Gasteiger partial charge in [0.2, 0.25) is 0 Å². The fourth-order valence-corrected chi connectivity index (χ4v) is 5.38. The number of benzene rings is 2. The molecule has 0 aromatic heterocycles. The van der Waals surface area contributed by atoms with Crippen LogP contribution in [0.5, 0.6) is 0 Å². The summed E-state index contributed by atoms with van der Waals surface area (Å²) in [6.07, 6.45) is 5.88. The number of nitrogens with zero attached hydrogens (tertiary/aromatic N) is 2. The van der Waals surface area contributed by atoms with Gasteiger partial charge in [-0.05, 0) is 62.6 Å². The van der Waals surface area contributed by atoms with Gasteiger partial charge in [0.25, 0.3) is 15.9 Å². The van der Waals surface area contributed by atoms with Gasteiger partial charge in [0.15, 0.2) is 0 Å². The predicted octanol–water partition coefficient (Wildman–Crippen LogP) is 3.90. The van der Waals surface area contributed by atoms with Crippen molar-refractivity contribution < 1.29 is 13.2 Å². The molecule has 3 rings (SSSR count). The van der Waals surface area contributed by atoms with E-state index in [9.17, 15) is 13.2 Å². The van der Waals surface area contributed by atoms with Crippen molar-refractivity contribution in [2.75, 3.05) is 31.0 Å². The van der Waals surface area contributed by atoms with Gasteiger partial charge in [0, 0.05) is 31.7 Å². The van der Waals surface area contributed by atoms with Crippen LogP contribution in [0.2, 0.25) is 0 Å². The summed E-state index contributed by atoms with van der Waals surface area (Å²) in [7, 11) is -2.23. The summed E-state index contributed by atoms with van der Waals surface area (Å²) in [5, 5.41) is 2.94. The summed E-state index contributed by atoms with van der Waals surface area (Å²) in [5.41, 5.74) is 0.924. The van der Waals surface area contributed by atoms with E-state index < -0.39 is 10.0 Å². The number of sulfonamides is 1. The molecule has 1 atom stereocenters. The van der Waals surface area contributed by atoms with Crippen LogP contribution in [0.25, 0.3) is 0 Å². The fourth-order valence-electron chi connectivity index (χ4n) is 4.14. The fraction of sp³-hybridized carbons (Fsp3) is 0.458. The molecule has 2 aromatic carbocycles. The number of anilines is 1. The molecule has 1 N–H and O–H groups in total. The van der Waals surface area contributed by atoms with Gasteiger partial charge in [-0.1, -0.05) is 37.6 Å². The number of para-hydroxylation sites is 1. The van der Waals surface area contributed by atoms with Crippen molar-refractivity contribution >= 4 is 21.6 Å². The van der Waals surface area contributed by atoms with Crippen LogP contribution < -0.4 is 9.62 Å². The van der Waals surface area contributed by atoms with E-state index in [2.05, 4.69) is 17.1 Å². The predicted molar refractivity (Wildman–Crippen MR) is 125 cm³/mol. The lowest BCUT2D eigenvalue weighted by molar-refractivity contribution is 0.0947. The zero-order chi connectivity index (χ0) is 22.3. The molecule has 0 aliphatic carbocycles. The van der Waals surface area contributed by atoms with Crippen LogP contribution in [-0.2, 0) is 10.0 Å². The van der Waals surface area contributed by atoms with Crippen LogP contribution in [0.15, 0.2) is 59.5 Å². The van der Waals surface area contributed by atoms with Crippen LogP contribution in [0, 0.1) is 0 Å². The zero-order valence-electron chi connectivity index (χ0n) is 18.5. The average molecular weight is 444 g/mol. The maximum absolute atomic E-state index is 13.0. The number of amides is 1. The van der Waals surface area contributed by atoms with Gasteiger partial charge in [0.05, 0.1) is 10.6 Å². The highest BCUT2D eigenvalue weighted by atomic mass is 32.2. The summed E-state index contributed by atoms with van der Waals surface area (Å²) in [4.78, 5) is 15.2. The van der Waals surface area contributed by atoms with Crippen molar-refractivity contribution in [2.45, 2.75) is 50.0 Å². The lowest BCUT2D eigenvalue weighted by atomic mass is 10.00. The molecule has 0 radical (unpaired) electrons. The van der Waals surface area contributed by atoms with Gasteiger partial charge < -0.3 is 10.2 Å². The van der Waals surface area contributed by atoms with E-state index in [0.29, 0.717) is 23.8 Å². The Labute approximate surface area is 186 Å². The van der Waals surface area contributed by atoms with Gasteiger partial charge in [-0.15, -0.1) is 0 Å². The van der Waals surface area contributed by atoms with Crippen LogP contribution in [0.3, 0.4) is 0 Å². The van der Waals surface area contributed by atoms with Gasteiger partial charge >= 0.3 is 0 Å².